The Morgan fingerprint density at radius 1 is 0.885 bits per heavy atom. The highest BCUT2D eigenvalue weighted by Gasteiger charge is 2.34. The molecule has 0 bridgehead atoms. The zero-order valence-corrected chi connectivity index (χ0v) is 32.8. The van der Waals surface area contributed by atoms with Crippen LogP contribution in [-0.2, 0) is 40.3 Å². The third-order valence-electron chi connectivity index (χ3n) is 8.85. The molecule has 0 spiro atoms. The monoisotopic (exact) mass is 748 g/mol. The van der Waals surface area contributed by atoms with Crippen molar-refractivity contribution in [1.29, 1.82) is 0 Å². The van der Waals surface area contributed by atoms with Crippen molar-refractivity contribution in [2.75, 3.05) is 21.2 Å². The molecule has 2 heterocycles. The normalized spacial score (nSPS) is 13.6. The summed E-state index contributed by atoms with van der Waals surface area (Å²) in [5, 5.41) is 9.20. The first kappa shape index (κ1) is 40.4. The number of benzene rings is 2. The molecule has 0 saturated carbocycles. The first-order chi connectivity index (χ1) is 24.9. The van der Waals surface area contributed by atoms with Gasteiger partial charge in [-0.3, -0.25) is 9.78 Å². The highest BCUT2D eigenvalue weighted by atomic mass is 32.1. The summed E-state index contributed by atoms with van der Waals surface area (Å²) >= 11 is 3.00. The lowest BCUT2D eigenvalue weighted by molar-refractivity contribution is -0.125. The smallest absolute Gasteiger partial charge is 0.410 e. The van der Waals surface area contributed by atoms with Gasteiger partial charge in [-0.1, -0.05) is 88.4 Å². The molecule has 280 valence electrons. The van der Waals surface area contributed by atoms with Crippen molar-refractivity contribution in [3.63, 3.8) is 0 Å². The van der Waals surface area contributed by atoms with Crippen molar-refractivity contribution in [1.82, 2.24) is 30.4 Å². The van der Waals surface area contributed by atoms with Gasteiger partial charge in [0.05, 0.1) is 39.8 Å². The standard InChI is InChI=1S/C39H52N6O5S2/c1-26(2)35(43-38(47)44(5)22-31-24-51-37(42-31)27(3)4)36(46)41-30(18-28-14-10-8-11-15-28)20-34(49-7)33(19-29-16-12-9-13-17-29)45(6)39(48)50-23-32-21-40-25-52-32/h8-17,21,24-27,30,33-35H,18-20,22-23H2,1-7H3,(H,41,46)(H,43,47)/t30-,33-,34-,35-/m0/s1. The minimum Gasteiger partial charge on any atom is -0.444 e. The van der Waals surface area contributed by atoms with Crippen LogP contribution in [0.2, 0.25) is 0 Å². The fourth-order valence-electron chi connectivity index (χ4n) is 5.88. The summed E-state index contributed by atoms with van der Waals surface area (Å²) in [6.45, 7) is 8.45. The van der Waals surface area contributed by atoms with E-state index < -0.39 is 24.3 Å². The number of nitrogens with zero attached hydrogens (tertiary/aromatic N) is 4. The molecule has 0 radical (unpaired) electrons. The van der Waals surface area contributed by atoms with Crippen molar-refractivity contribution >= 4 is 40.7 Å². The molecule has 0 aliphatic carbocycles. The fourth-order valence-corrected chi connectivity index (χ4v) is 7.22. The van der Waals surface area contributed by atoms with Gasteiger partial charge in [-0.05, 0) is 36.3 Å². The Balaban J connectivity index is 1.53. The number of carbonyl (C=O) groups is 3. The van der Waals surface area contributed by atoms with E-state index in [1.165, 1.54) is 11.3 Å². The molecule has 4 rings (SSSR count). The average molecular weight is 749 g/mol. The zero-order valence-electron chi connectivity index (χ0n) is 31.2. The lowest BCUT2D eigenvalue weighted by Gasteiger charge is -2.36. The van der Waals surface area contributed by atoms with E-state index in [2.05, 4.69) is 34.4 Å². The number of amides is 4. The van der Waals surface area contributed by atoms with Gasteiger partial charge in [-0.15, -0.1) is 22.7 Å². The molecule has 52 heavy (non-hydrogen) atoms. The van der Waals surface area contributed by atoms with Crippen LogP contribution in [0.4, 0.5) is 9.59 Å². The molecule has 2 aromatic heterocycles. The number of rotatable bonds is 18. The van der Waals surface area contributed by atoms with Crippen molar-refractivity contribution < 1.29 is 23.9 Å². The topological polar surface area (TPSA) is 126 Å². The van der Waals surface area contributed by atoms with Crippen LogP contribution in [0, 0.1) is 5.92 Å². The quantitative estimate of drug-likeness (QED) is 0.113. The van der Waals surface area contributed by atoms with E-state index >= 15 is 0 Å². The predicted molar refractivity (Wildman–Crippen MR) is 206 cm³/mol. The Bertz CT molecular complexity index is 1670. The van der Waals surface area contributed by atoms with Gasteiger partial charge in [0.2, 0.25) is 5.91 Å². The molecule has 4 atom stereocenters. The lowest BCUT2D eigenvalue weighted by atomic mass is 9.92. The summed E-state index contributed by atoms with van der Waals surface area (Å²) in [5.74, 6) is -0.171. The van der Waals surface area contributed by atoms with E-state index in [1.54, 1.807) is 54.0 Å². The maximum Gasteiger partial charge on any atom is 0.410 e. The van der Waals surface area contributed by atoms with Crippen LogP contribution in [0.3, 0.4) is 0 Å². The Morgan fingerprint density at radius 3 is 2.10 bits per heavy atom. The van der Waals surface area contributed by atoms with Crippen LogP contribution >= 0.6 is 22.7 Å². The maximum absolute atomic E-state index is 14.1. The number of urea groups is 1. The molecular weight excluding hydrogens is 697 g/mol. The maximum atomic E-state index is 14.1. The van der Waals surface area contributed by atoms with Gasteiger partial charge in [-0.25, -0.2) is 14.6 Å². The van der Waals surface area contributed by atoms with Gasteiger partial charge in [0, 0.05) is 44.7 Å². The van der Waals surface area contributed by atoms with Gasteiger partial charge >= 0.3 is 12.1 Å². The third-order valence-corrected chi connectivity index (χ3v) is 10.8. The van der Waals surface area contributed by atoms with Crippen molar-refractivity contribution in [2.45, 2.75) is 90.3 Å². The second kappa shape index (κ2) is 20.1. The van der Waals surface area contributed by atoms with Gasteiger partial charge in [0.15, 0.2) is 0 Å². The number of carbonyl (C=O) groups excluding carboxylic acids is 3. The Kier molecular flexibility index (Phi) is 15.6. The molecule has 11 nitrogen and oxygen atoms in total. The fraction of sp³-hybridized carbons (Fsp3) is 0.462. The largest absolute Gasteiger partial charge is 0.444 e. The molecule has 0 fully saturated rings. The summed E-state index contributed by atoms with van der Waals surface area (Å²) < 4.78 is 11.8. The second-order valence-corrected chi connectivity index (χ2v) is 15.5. The van der Waals surface area contributed by atoms with Gasteiger partial charge in [-0.2, -0.15) is 0 Å². The zero-order chi connectivity index (χ0) is 37.6. The summed E-state index contributed by atoms with van der Waals surface area (Å²) in [7, 11) is 5.04. The number of methoxy groups -OCH3 is 1. The number of ether oxygens (including phenoxy) is 2. The number of nitrogens with one attached hydrogen (secondary N) is 2. The van der Waals surface area contributed by atoms with Crippen LogP contribution in [-0.4, -0.2) is 83.2 Å². The Labute approximate surface area is 315 Å². The Hall–Kier alpha value is -4.33. The average Bonchev–Trinajstić information content (AvgIpc) is 3.84. The van der Waals surface area contributed by atoms with Crippen LogP contribution in [0.1, 0.15) is 66.7 Å². The Morgan fingerprint density at radius 2 is 1.54 bits per heavy atom. The molecule has 13 heteroatoms. The number of hydrogen-bond donors (Lipinski definition) is 2. The number of aromatic nitrogens is 2. The predicted octanol–water partition coefficient (Wildman–Crippen LogP) is 6.90. The summed E-state index contributed by atoms with van der Waals surface area (Å²) in [4.78, 5) is 53.6. The molecule has 4 aromatic rings. The van der Waals surface area contributed by atoms with E-state index in [0.29, 0.717) is 31.7 Å². The van der Waals surface area contributed by atoms with Crippen molar-refractivity contribution in [3.05, 3.63) is 104 Å². The molecule has 0 aliphatic rings. The summed E-state index contributed by atoms with van der Waals surface area (Å²) in [6.07, 6.45) is 2.13. The molecule has 2 N–H and O–H groups in total. The van der Waals surface area contributed by atoms with Crippen LogP contribution in [0.25, 0.3) is 0 Å². The molecule has 4 amide bonds. The van der Waals surface area contributed by atoms with E-state index in [1.807, 2.05) is 79.9 Å². The van der Waals surface area contributed by atoms with E-state index in [-0.39, 0.29) is 30.5 Å². The molecule has 0 unspecified atom stereocenters. The van der Waals surface area contributed by atoms with E-state index in [4.69, 9.17) is 9.47 Å². The highest BCUT2D eigenvalue weighted by Crippen LogP contribution is 2.22. The number of thiazole rings is 2. The summed E-state index contributed by atoms with van der Waals surface area (Å²) in [6, 6.07) is 17.9. The number of likely N-dealkylation sites (N-methyl/N-ethyl adjacent to an activating group) is 1. The minimum absolute atomic E-state index is 0.122. The van der Waals surface area contributed by atoms with Gasteiger partial charge < -0.3 is 29.9 Å². The van der Waals surface area contributed by atoms with Crippen molar-refractivity contribution in [3.8, 4) is 0 Å². The van der Waals surface area contributed by atoms with Crippen LogP contribution in [0.5, 0.6) is 0 Å². The number of hydrogen-bond acceptors (Lipinski definition) is 9. The second-order valence-electron chi connectivity index (χ2n) is 13.7. The van der Waals surface area contributed by atoms with Gasteiger partial charge in [0.1, 0.15) is 12.6 Å². The molecule has 0 saturated heterocycles. The third kappa shape index (κ3) is 12.1. The molecule has 0 aliphatic heterocycles. The lowest BCUT2D eigenvalue weighted by Crippen LogP contribution is -2.56. The minimum atomic E-state index is -0.791. The SMILES string of the molecule is CO[C@@H](C[C@H](Cc1ccccc1)NC(=O)[C@@H](NC(=O)N(C)Cc1csc(C(C)C)n1)C(C)C)[C@H](Cc1ccccc1)N(C)C(=O)OCc1cncs1. The van der Waals surface area contributed by atoms with E-state index in [0.717, 1.165) is 26.7 Å². The van der Waals surface area contributed by atoms with Crippen LogP contribution < -0.4 is 10.6 Å². The first-order valence-corrected chi connectivity index (χ1v) is 19.3. The first-order valence-electron chi connectivity index (χ1n) is 17.6. The highest BCUT2D eigenvalue weighted by molar-refractivity contribution is 7.09. The van der Waals surface area contributed by atoms with Crippen LogP contribution in [0.15, 0.2) is 77.8 Å². The van der Waals surface area contributed by atoms with Gasteiger partial charge in [0.25, 0.3) is 0 Å². The molecular formula is C39H52N6O5S2. The summed E-state index contributed by atoms with van der Waals surface area (Å²) in [5.41, 5.74) is 4.58. The van der Waals surface area contributed by atoms with E-state index in [9.17, 15) is 14.4 Å². The molecule has 2 aromatic carbocycles. The van der Waals surface area contributed by atoms with Crippen molar-refractivity contribution in [2.24, 2.45) is 5.92 Å².